The van der Waals surface area contributed by atoms with E-state index < -0.39 is 15.8 Å². The predicted molar refractivity (Wildman–Crippen MR) is 175 cm³/mol. The van der Waals surface area contributed by atoms with Gasteiger partial charge in [-0.15, -0.1) is 0 Å². The molecule has 0 heterocycles. The molecule has 39 heavy (non-hydrogen) atoms. The van der Waals surface area contributed by atoms with Gasteiger partial charge >= 0.3 is 0 Å². The molecule has 0 aliphatic heterocycles. The van der Waals surface area contributed by atoms with Gasteiger partial charge in [0.15, 0.2) is 0 Å². The molecule has 0 fully saturated rings. The van der Waals surface area contributed by atoms with E-state index >= 15 is 0 Å². The number of hydrogen-bond donors (Lipinski definition) is 0. The van der Waals surface area contributed by atoms with E-state index in [1.807, 2.05) is 11.8 Å². The predicted octanol–water partition coefficient (Wildman–Crippen LogP) is 8.26. The average molecular weight is 557 g/mol. The monoisotopic (exact) mass is 556 g/mol. The van der Waals surface area contributed by atoms with Crippen LogP contribution in [0.3, 0.4) is 0 Å². The summed E-state index contributed by atoms with van der Waals surface area (Å²) < 4.78 is 0. The maximum atomic E-state index is 2.36. The molecule has 0 spiro atoms. The Morgan fingerprint density at radius 2 is 0.897 bits per heavy atom. The van der Waals surface area contributed by atoms with Gasteiger partial charge in [-0.05, 0) is 72.7 Å². The Morgan fingerprint density at radius 3 is 1.38 bits per heavy atom. The minimum absolute atomic E-state index is 0.604. The second-order valence-corrected chi connectivity index (χ2v) is 14.9. The quantitative estimate of drug-likeness (QED) is 0.173. The van der Waals surface area contributed by atoms with Crippen LogP contribution in [0.15, 0.2) is 173 Å². The maximum absolute atomic E-state index is 2.36. The first-order chi connectivity index (χ1) is 19.4. The van der Waals surface area contributed by atoms with Crippen molar-refractivity contribution in [1.29, 1.82) is 0 Å². The fourth-order valence-corrected chi connectivity index (χ4v) is 11.5. The topological polar surface area (TPSA) is 0 Å². The van der Waals surface area contributed by atoms with Crippen LogP contribution >= 0.6 is 27.6 Å². The Kier molecular flexibility index (Phi) is 8.52. The van der Waals surface area contributed by atoms with Crippen LogP contribution < -0.4 is 26.5 Å². The highest BCUT2D eigenvalue weighted by Gasteiger charge is 2.24. The molecule has 190 valence electrons. The van der Waals surface area contributed by atoms with Gasteiger partial charge in [-0.25, -0.2) is 0 Å². The Balaban J connectivity index is 1.45. The van der Waals surface area contributed by atoms with E-state index in [0.29, 0.717) is 0 Å². The summed E-state index contributed by atoms with van der Waals surface area (Å²) >= 11 is 1.93. The molecule has 6 rings (SSSR count). The molecule has 0 N–H and O–H groups in total. The Labute approximate surface area is 239 Å². The van der Waals surface area contributed by atoms with E-state index in [0.717, 1.165) is 12.8 Å². The summed E-state index contributed by atoms with van der Waals surface area (Å²) in [5, 5.41) is 8.59. The fourth-order valence-electron chi connectivity index (χ4n) is 4.97. The number of hydrogen-bond acceptors (Lipinski definition) is 1. The van der Waals surface area contributed by atoms with Crippen molar-refractivity contribution in [3.05, 3.63) is 163 Å². The summed E-state index contributed by atoms with van der Waals surface area (Å²) in [6.45, 7) is 0. The lowest BCUT2D eigenvalue weighted by atomic mass is 10.2. The van der Waals surface area contributed by atoms with Gasteiger partial charge in [0.25, 0.3) is 0 Å². The van der Waals surface area contributed by atoms with Gasteiger partial charge in [0.05, 0.1) is 0 Å². The highest BCUT2D eigenvalue weighted by atomic mass is 32.2. The van der Waals surface area contributed by atoms with Crippen molar-refractivity contribution >= 4 is 54.1 Å². The van der Waals surface area contributed by atoms with Crippen molar-refractivity contribution in [1.82, 2.24) is 0 Å². The molecule has 1 aliphatic rings. The zero-order valence-corrected chi connectivity index (χ0v) is 24.3. The summed E-state index contributed by atoms with van der Waals surface area (Å²) in [5.41, 5.74) is 0. The smallest absolute Gasteiger partial charge is 0.0206 e. The van der Waals surface area contributed by atoms with Crippen LogP contribution in [0.4, 0.5) is 0 Å². The Morgan fingerprint density at radius 1 is 0.462 bits per heavy atom. The first kappa shape index (κ1) is 26.0. The van der Waals surface area contributed by atoms with E-state index in [2.05, 4.69) is 158 Å². The summed E-state index contributed by atoms with van der Waals surface area (Å²) in [6.07, 6.45) is 9.14. The average Bonchev–Trinajstić information content (AvgIpc) is 3.01. The molecule has 0 radical (unpaired) electrons. The van der Waals surface area contributed by atoms with E-state index in [4.69, 9.17) is 0 Å². The summed E-state index contributed by atoms with van der Waals surface area (Å²) in [7, 11) is -1.28. The molecule has 3 heteroatoms. The standard InChI is InChI=1S/C36H30P2S/c1-5-17-29(18-6-1)37(30-19-7-2-8-20-30)33-25-13-15-27-35(33)39-36-28-16-14-26-34(36)38(31-21-9-3-10-22-31)32-23-11-4-12-24-32/h1-11,13-23,25-28H,12,24H2. The molecule has 5 aromatic carbocycles. The first-order valence-electron chi connectivity index (χ1n) is 13.4. The third-order valence-corrected chi connectivity index (χ3v) is 13.3. The molecule has 0 saturated carbocycles. The van der Waals surface area contributed by atoms with Crippen molar-refractivity contribution in [3.8, 4) is 0 Å². The highest BCUT2D eigenvalue weighted by Crippen LogP contribution is 2.49. The van der Waals surface area contributed by atoms with Gasteiger partial charge in [-0.2, -0.15) is 0 Å². The minimum atomic E-state index is -0.680. The van der Waals surface area contributed by atoms with Crippen molar-refractivity contribution in [2.45, 2.75) is 22.6 Å². The summed E-state index contributed by atoms with van der Waals surface area (Å²) in [4.78, 5) is 2.69. The van der Waals surface area contributed by atoms with Crippen LogP contribution in [0.5, 0.6) is 0 Å². The van der Waals surface area contributed by atoms with Crippen LogP contribution in [0.1, 0.15) is 12.8 Å². The largest absolute Gasteiger partial charge is 0.0887 e. The molecule has 5 aromatic rings. The minimum Gasteiger partial charge on any atom is -0.0887 e. The molecule has 1 aliphatic carbocycles. The fraction of sp³-hybridized carbons (Fsp3) is 0.0556. The van der Waals surface area contributed by atoms with Gasteiger partial charge in [0.1, 0.15) is 0 Å². The van der Waals surface area contributed by atoms with Gasteiger partial charge in [0.2, 0.25) is 0 Å². The lowest BCUT2D eigenvalue weighted by molar-refractivity contribution is 1.02. The molecule has 0 bridgehead atoms. The van der Waals surface area contributed by atoms with E-state index in [1.165, 1.54) is 36.3 Å². The Hall–Kier alpha value is -3.21. The highest BCUT2D eigenvalue weighted by molar-refractivity contribution is 8.01. The SMILES string of the molecule is C1=CCCC(P(c2ccccc2)c2ccccc2Sc2ccccc2P(c2ccccc2)c2ccccc2)=C1. The number of allylic oxidation sites excluding steroid dienone is 4. The second-order valence-electron chi connectivity index (χ2n) is 9.34. The molecule has 1 unspecified atom stereocenters. The van der Waals surface area contributed by atoms with Crippen molar-refractivity contribution < 1.29 is 0 Å². The Bertz CT molecular complexity index is 1540. The van der Waals surface area contributed by atoms with Gasteiger partial charge < -0.3 is 0 Å². The zero-order chi connectivity index (χ0) is 26.3. The molecule has 1 atom stereocenters. The van der Waals surface area contributed by atoms with Crippen molar-refractivity contribution in [3.63, 3.8) is 0 Å². The van der Waals surface area contributed by atoms with Gasteiger partial charge in [0, 0.05) is 9.79 Å². The molecule has 0 nitrogen and oxygen atoms in total. The lowest BCUT2D eigenvalue weighted by Gasteiger charge is -2.26. The third kappa shape index (κ3) is 6.03. The van der Waals surface area contributed by atoms with Crippen LogP contribution in [0, 0.1) is 0 Å². The molecule has 0 saturated heterocycles. The second kappa shape index (κ2) is 12.8. The van der Waals surface area contributed by atoms with E-state index in [1.54, 1.807) is 5.31 Å². The zero-order valence-electron chi connectivity index (χ0n) is 21.7. The normalized spacial score (nSPS) is 13.7. The molecular formula is C36H30P2S. The first-order valence-corrected chi connectivity index (χ1v) is 16.9. The molecular weight excluding hydrogens is 526 g/mol. The van der Waals surface area contributed by atoms with Gasteiger partial charge in [-0.1, -0.05) is 157 Å². The van der Waals surface area contributed by atoms with Crippen LogP contribution in [0.25, 0.3) is 0 Å². The maximum Gasteiger partial charge on any atom is 0.0206 e. The van der Waals surface area contributed by atoms with Crippen LogP contribution in [-0.4, -0.2) is 0 Å². The van der Waals surface area contributed by atoms with Gasteiger partial charge in [-0.3, -0.25) is 0 Å². The summed E-state index contributed by atoms with van der Waals surface area (Å²) in [5.74, 6) is 0. The van der Waals surface area contributed by atoms with Crippen LogP contribution in [-0.2, 0) is 0 Å². The third-order valence-electron chi connectivity index (χ3n) is 6.75. The molecule has 0 aromatic heterocycles. The van der Waals surface area contributed by atoms with Crippen molar-refractivity contribution in [2.75, 3.05) is 0 Å². The number of rotatable bonds is 8. The van der Waals surface area contributed by atoms with E-state index in [9.17, 15) is 0 Å². The lowest BCUT2D eigenvalue weighted by Crippen LogP contribution is -2.22. The summed E-state index contributed by atoms with van der Waals surface area (Å²) in [6, 6.07) is 51.2. The number of benzene rings is 5. The van der Waals surface area contributed by atoms with Crippen molar-refractivity contribution in [2.24, 2.45) is 0 Å². The van der Waals surface area contributed by atoms with E-state index in [-0.39, 0.29) is 0 Å². The molecule has 0 amide bonds. The van der Waals surface area contributed by atoms with Crippen LogP contribution in [0.2, 0.25) is 0 Å².